The Labute approximate surface area is 287 Å². The maximum atomic E-state index is 13.7. The van der Waals surface area contributed by atoms with Gasteiger partial charge in [0.15, 0.2) is 11.5 Å². The third kappa shape index (κ3) is 7.61. The Morgan fingerprint density at radius 2 is 1.69 bits per heavy atom. The van der Waals surface area contributed by atoms with Crippen LogP contribution in [0, 0.1) is 0 Å². The summed E-state index contributed by atoms with van der Waals surface area (Å²) in [5.41, 5.74) is 5.21. The van der Waals surface area contributed by atoms with Crippen molar-refractivity contribution in [1.29, 1.82) is 0 Å². The number of piperidine rings is 1. The van der Waals surface area contributed by atoms with Gasteiger partial charge in [-0.05, 0) is 78.0 Å². The zero-order valence-electron chi connectivity index (χ0n) is 28.2. The van der Waals surface area contributed by atoms with Crippen molar-refractivity contribution in [3.8, 4) is 17.2 Å². The highest BCUT2D eigenvalue weighted by Gasteiger charge is 2.25. The number of nitrogens with zero attached hydrogens (tertiary/aromatic N) is 4. The van der Waals surface area contributed by atoms with Crippen molar-refractivity contribution in [1.82, 2.24) is 19.4 Å². The molecule has 3 heterocycles. The van der Waals surface area contributed by atoms with Crippen LogP contribution in [0.2, 0.25) is 0 Å². The summed E-state index contributed by atoms with van der Waals surface area (Å²) in [6, 6.07) is 24.9. The van der Waals surface area contributed by atoms with E-state index < -0.39 is 0 Å². The molecule has 0 radical (unpaired) electrons. The van der Waals surface area contributed by atoms with Crippen LogP contribution in [0.4, 0.5) is 5.95 Å². The predicted molar refractivity (Wildman–Crippen MR) is 193 cm³/mol. The Balaban J connectivity index is 1.08. The summed E-state index contributed by atoms with van der Waals surface area (Å²) in [4.78, 5) is 23.0. The van der Waals surface area contributed by atoms with E-state index in [2.05, 4.69) is 80.1 Å². The zero-order valence-corrected chi connectivity index (χ0v) is 29.0. The van der Waals surface area contributed by atoms with Crippen molar-refractivity contribution in [2.75, 3.05) is 59.9 Å². The lowest BCUT2D eigenvalue weighted by atomic mass is 9.94. The van der Waals surface area contributed by atoms with E-state index in [1.807, 2.05) is 13.1 Å². The van der Waals surface area contributed by atoms with Gasteiger partial charge < -0.3 is 33.9 Å². The summed E-state index contributed by atoms with van der Waals surface area (Å²) < 4.78 is 18.8. The SMILES string of the molecule is COc1cc(C(=O)N(C)CC(CCN2CCC(Nc3nc4ccccc4n3Cc3ccsc3)CC2)c2ccccc2)cc(OC)c1OC. The van der Waals surface area contributed by atoms with E-state index in [1.54, 1.807) is 49.7 Å². The second-order valence-electron chi connectivity index (χ2n) is 12.4. The third-order valence-corrected chi connectivity index (χ3v) is 10.0. The van der Waals surface area contributed by atoms with Gasteiger partial charge in [0.2, 0.25) is 11.7 Å². The van der Waals surface area contributed by atoms with Gasteiger partial charge in [0.1, 0.15) is 0 Å². The highest BCUT2D eigenvalue weighted by atomic mass is 32.1. The van der Waals surface area contributed by atoms with Gasteiger partial charge in [0.25, 0.3) is 5.91 Å². The molecule has 1 atom stereocenters. The van der Waals surface area contributed by atoms with Crippen molar-refractivity contribution in [2.45, 2.75) is 37.8 Å². The molecule has 252 valence electrons. The zero-order chi connectivity index (χ0) is 33.5. The van der Waals surface area contributed by atoms with E-state index >= 15 is 0 Å². The number of ether oxygens (including phenoxy) is 3. The first-order valence-corrected chi connectivity index (χ1v) is 17.5. The number of nitrogens with one attached hydrogen (secondary N) is 1. The van der Waals surface area contributed by atoms with Gasteiger partial charge in [0, 0.05) is 44.2 Å². The highest BCUT2D eigenvalue weighted by Crippen LogP contribution is 2.38. The Morgan fingerprint density at radius 3 is 2.35 bits per heavy atom. The van der Waals surface area contributed by atoms with E-state index in [-0.39, 0.29) is 11.8 Å². The first-order valence-electron chi connectivity index (χ1n) is 16.5. The molecule has 0 saturated carbocycles. The third-order valence-electron chi connectivity index (χ3n) is 9.31. The number of para-hydroxylation sites is 2. The molecule has 48 heavy (non-hydrogen) atoms. The van der Waals surface area contributed by atoms with E-state index in [0.29, 0.717) is 35.4 Å². The molecule has 1 amide bonds. The Kier molecular flexibility index (Phi) is 10.8. The standard InChI is InChI=1S/C38H45N5O4S/c1-41(37(44)30-22-34(45-2)36(47-4)35(23-30)46-3)25-29(28-10-6-5-7-11-28)14-18-42-19-15-31(16-20-42)39-38-40-32-12-8-9-13-33(32)43(38)24-27-17-21-48-26-27/h5-13,17,21-23,26,29,31H,14-16,18-20,24-25H2,1-4H3,(H,39,40). The summed E-state index contributed by atoms with van der Waals surface area (Å²) >= 11 is 1.73. The molecule has 1 N–H and O–H groups in total. The quantitative estimate of drug-likeness (QED) is 0.137. The number of anilines is 1. The van der Waals surface area contributed by atoms with E-state index in [9.17, 15) is 4.79 Å². The maximum Gasteiger partial charge on any atom is 0.253 e. The van der Waals surface area contributed by atoms with Gasteiger partial charge in [-0.15, -0.1) is 0 Å². The summed E-state index contributed by atoms with van der Waals surface area (Å²) in [7, 11) is 6.54. The summed E-state index contributed by atoms with van der Waals surface area (Å²) in [6.07, 6.45) is 3.06. The number of methoxy groups -OCH3 is 3. The number of hydrogen-bond donors (Lipinski definition) is 1. The molecule has 3 aromatic carbocycles. The second-order valence-corrected chi connectivity index (χ2v) is 13.2. The lowest BCUT2D eigenvalue weighted by molar-refractivity contribution is 0.0781. The molecule has 2 aromatic heterocycles. The number of carbonyl (C=O) groups is 1. The van der Waals surface area contributed by atoms with Gasteiger partial charge in [-0.25, -0.2) is 4.98 Å². The minimum absolute atomic E-state index is 0.0907. The van der Waals surface area contributed by atoms with Crippen LogP contribution in [0.1, 0.15) is 46.7 Å². The molecule has 1 aliphatic heterocycles. The van der Waals surface area contributed by atoms with Crippen LogP contribution in [0.15, 0.2) is 83.6 Å². The van der Waals surface area contributed by atoms with Crippen molar-refractivity contribution in [3.63, 3.8) is 0 Å². The number of carbonyl (C=O) groups excluding carboxylic acids is 1. The molecule has 0 spiro atoms. The number of likely N-dealkylation sites (N-methyl/N-ethyl adjacent to an activating group) is 1. The summed E-state index contributed by atoms with van der Waals surface area (Å²) in [5, 5.41) is 8.14. The fraction of sp³-hybridized carbons (Fsp3) is 0.368. The number of fused-ring (bicyclic) bond motifs is 1. The molecule has 1 saturated heterocycles. The van der Waals surface area contributed by atoms with Crippen LogP contribution in [0.25, 0.3) is 11.0 Å². The van der Waals surface area contributed by atoms with Gasteiger partial charge in [-0.3, -0.25) is 4.79 Å². The molecule has 10 heteroatoms. The number of amides is 1. The smallest absolute Gasteiger partial charge is 0.253 e. The minimum atomic E-state index is -0.0907. The van der Waals surface area contributed by atoms with Crippen LogP contribution in [-0.4, -0.2) is 85.9 Å². The number of likely N-dealkylation sites (tertiary alicyclic amines) is 1. The number of rotatable bonds is 14. The van der Waals surface area contributed by atoms with Crippen LogP contribution >= 0.6 is 11.3 Å². The average Bonchev–Trinajstić information content (AvgIpc) is 3.77. The number of thiophene rings is 1. The molecule has 9 nitrogen and oxygen atoms in total. The van der Waals surface area contributed by atoms with E-state index in [1.165, 1.54) is 11.1 Å². The molecule has 0 bridgehead atoms. The van der Waals surface area contributed by atoms with Gasteiger partial charge >= 0.3 is 0 Å². The average molecular weight is 668 g/mol. The minimum Gasteiger partial charge on any atom is -0.493 e. The van der Waals surface area contributed by atoms with Gasteiger partial charge in [-0.1, -0.05) is 42.5 Å². The van der Waals surface area contributed by atoms with Crippen LogP contribution in [-0.2, 0) is 6.54 Å². The van der Waals surface area contributed by atoms with Gasteiger partial charge in [-0.2, -0.15) is 11.3 Å². The summed E-state index contributed by atoms with van der Waals surface area (Å²) in [5.74, 6) is 2.45. The Morgan fingerprint density at radius 1 is 0.979 bits per heavy atom. The first-order chi connectivity index (χ1) is 23.5. The largest absolute Gasteiger partial charge is 0.493 e. The normalized spacial score (nSPS) is 14.5. The number of hydrogen-bond acceptors (Lipinski definition) is 8. The van der Waals surface area contributed by atoms with Crippen LogP contribution in [0.5, 0.6) is 17.2 Å². The number of imidazole rings is 1. The van der Waals surface area contributed by atoms with Crippen molar-refractivity contribution >= 4 is 34.2 Å². The van der Waals surface area contributed by atoms with Crippen LogP contribution in [0.3, 0.4) is 0 Å². The predicted octanol–water partition coefficient (Wildman–Crippen LogP) is 6.99. The topological polar surface area (TPSA) is 81.1 Å². The molecular formula is C38H45N5O4S. The highest BCUT2D eigenvalue weighted by molar-refractivity contribution is 7.07. The first kappa shape index (κ1) is 33.4. The summed E-state index contributed by atoms with van der Waals surface area (Å²) in [6.45, 7) is 4.41. The van der Waals surface area contributed by atoms with Crippen molar-refractivity contribution in [2.24, 2.45) is 0 Å². The molecule has 0 aliphatic carbocycles. The second kappa shape index (κ2) is 15.6. The van der Waals surface area contributed by atoms with Crippen molar-refractivity contribution in [3.05, 3.63) is 100 Å². The monoisotopic (exact) mass is 667 g/mol. The van der Waals surface area contributed by atoms with E-state index in [4.69, 9.17) is 19.2 Å². The molecule has 1 unspecified atom stereocenters. The fourth-order valence-corrected chi connectivity index (χ4v) is 7.32. The molecular weight excluding hydrogens is 623 g/mol. The molecule has 5 aromatic rings. The lowest BCUT2D eigenvalue weighted by Crippen LogP contribution is -2.40. The maximum absolute atomic E-state index is 13.7. The Bertz CT molecular complexity index is 1760. The number of benzene rings is 3. The number of aromatic nitrogens is 2. The Hall–Kier alpha value is -4.54. The lowest BCUT2D eigenvalue weighted by Gasteiger charge is -2.34. The van der Waals surface area contributed by atoms with E-state index in [0.717, 1.165) is 62.4 Å². The van der Waals surface area contributed by atoms with Crippen LogP contribution < -0.4 is 19.5 Å². The van der Waals surface area contributed by atoms with Crippen molar-refractivity contribution < 1.29 is 19.0 Å². The molecule has 6 rings (SSSR count). The van der Waals surface area contributed by atoms with Gasteiger partial charge in [0.05, 0.1) is 38.9 Å². The fourth-order valence-electron chi connectivity index (χ4n) is 6.66. The molecule has 1 fully saturated rings. The molecule has 1 aliphatic rings.